The van der Waals surface area contributed by atoms with Gasteiger partial charge in [0.05, 0.1) is 5.69 Å². The van der Waals surface area contributed by atoms with Crippen LogP contribution in [0.15, 0.2) is 34.2 Å². The zero-order valence-corrected chi connectivity index (χ0v) is 10.2. The van der Waals surface area contributed by atoms with Crippen LogP contribution in [0, 0.1) is 0 Å². The predicted octanol–water partition coefficient (Wildman–Crippen LogP) is 0.338. The van der Waals surface area contributed by atoms with Crippen LogP contribution in [-0.2, 0) is 11.2 Å². The number of carbonyl (C=O) groups excluding carboxylic acids is 1. The van der Waals surface area contributed by atoms with Crippen LogP contribution in [0.4, 0.5) is 5.69 Å². The van der Waals surface area contributed by atoms with Crippen LogP contribution in [0.2, 0.25) is 0 Å². The SMILES string of the molecule is CCc1n[nH]c(=O)n1/N=C1/C(=O)Nc2ccccc21. The first-order valence-electron chi connectivity index (χ1n) is 5.86. The van der Waals surface area contributed by atoms with Crippen LogP contribution in [0.1, 0.15) is 18.3 Å². The molecule has 1 aliphatic heterocycles. The molecule has 0 radical (unpaired) electrons. The number of anilines is 1. The molecule has 3 rings (SSSR count). The Bertz CT molecular complexity index is 741. The van der Waals surface area contributed by atoms with E-state index in [-0.39, 0.29) is 11.6 Å². The summed E-state index contributed by atoms with van der Waals surface area (Å²) in [5.74, 6) is 0.158. The minimum absolute atomic E-state index is 0.216. The first kappa shape index (κ1) is 11.4. The smallest absolute Gasteiger partial charge is 0.320 e. The molecular weight excluding hydrogens is 246 g/mol. The van der Waals surface area contributed by atoms with Crippen molar-refractivity contribution in [2.45, 2.75) is 13.3 Å². The van der Waals surface area contributed by atoms with E-state index in [1.165, 1.54) is 0 Å². The number of benzene rings is 1. The van der Waals surface area contributed by atoms with Crippen molar-refractivity contribution < 1.29 is 4.79 Å². The van der Waals surface area contributed by atoms with Crippen LogP contribution in [-0.4, -0.2) is 26.5 Å². The molecule has 7 nitrogen and oxygen atoms in total. The zero-order chi connectivity index (χ0) is 13.4. The van der Waals surface area contributed by atoms with Gasteiger partial charge in [-0.2, -0.15) is 14.9 Å². The molecule has 0 saturated heterocycles. The summed E-state index contributed by atoms with van der Waals surface area (Å²) in [6, 6.07) is 7.20. The number of aryl methyl sites for hydroxylation is 1. The van der Waals surface area contributed by atoms with Gasteiger partial charge in [-0.3, -0.25) is 4.79 Å². The maximum Gasteiger partial charge on any atom is 0.364 e. The minimum atomic E-state index is -0.457. The van der Waals surface area contributed by atoms with Crippen LogP contribution in [0.3, 0.4) is 0 Å². The Morgan fingerprint density at radius 3 is 2.89 bits per heavy atom. The first-order chi connectivity index (χ1) is 9.20. The first-order valence-corrected chi connectivity index (χ1v) is 5.86. The summed E-state index contributed by atoms with van der Waals surface area (Å²) in [7, 11) is 0. The summed E-state index contributed by atoms with van der Waals surface area (Å²) in [5.41, 5.74) is 1.14. The molecule has 1 aliphatic rings. The maximum atomic E-state index is 11.9. The van der Waals surface area contributed by atoms with E-state index in [0.29, 0.717) is 23.5 Å². The van der Waals surface area contributed by atoms with Gasteiger partial charge in [0, 0.05) is 12.0 Å². The molecule has 2 aromatic rings. The number of amides is 1. The summed E-state index contributed by atoms with van der Waals surface area (Å²) < 4.78 is 1.12. The Morgan fingerprint density at radius 1 is 1.32 bits per heavy atom. The summed E-state index contributed by atoms with van der Waals surface area (Å²) in [5, 5.41) is 13.0. The van der Waals surface area contributed by atoms with Crippen LogP contribution < -0.4 is 11.0 Å². The summed E-state index contributed by atoms with van der Waals surface area (Å²) >= 11 is 0. The van der Waals surface area contributed by atoms with E-state index >= 15 is 0 Å². The Balaban J connectivity index is 2.17. The number of hydrogen-bond acceptors (Lipinski definition) is 4. The van der Waals surface area contributed by atoms with Crippen LogP contribution in [0.25, 0.3) is 0 Å². The Kier molecular flexibility index (Phi) is 2.52. The Labute approximate surface area is 108 Å². The number of fused-ring (bicyclic) bond motifs is 1. The van der Waals surface area contributed by atoms with Gasteiger partial charge in [0.25, 0.3) is 5.91 Å². The van der Waals surface area contributed by atoms with Crippen molar-refractivity contribution in [1.82, 2.24) is 14.9 Å². The molecule has 1 amide bonds. The fourth-order valence-corrected chi connectivity index (χ4v) is 1.96. The molecule has 7 heteroatoms. The van der Waals surface area contributed by atoms with Gasteiger partial charge in [-0.05, 0) is 6.07 Å². The second-order valence-electron chi connectivity index (χ2n) is 4.06. The molecule has 19 heavy (non-hydrogen) atoms. The van der Waals surface area contributed by atoms with Gasteiger partial charge in [-0.1, -0.05) is 25.1 Å². The average Bonchev–Trinajstić information content (AvgIpc) is 2.92. The third kappa shape index (κ3) is 1.75. The number of aromatic amines is 1. The third-order valence-electron chi connectivity index (χ3n) is 2.88. The number of hydrogen-bond donors (Lipinski definition) is 2. The average molecular weight is 257 g/mol. The number of carbonyl (C=O) groups is 1. The van der Waals surface area contributed by atoms with Crippen molar-refractivity contribution >= 4 is 17.3 Å². The van der Waals surface area contributed by atoms with Crippen molar-refractivity contribution in [3.63, 3.8) is 0 Å². The van der Waals surface area contributed by atoms with E-state index in [0.717, 1.165) is 4.68 Å². The number of aromatic nitrogens is 3. The predicted molar refractivity (Wildman–Crippen MR) is 69.2 cm³/mol. The van der Waals surface area contributed by atoms with Gasteiger partial charge in [-0.25, -0.2) is 9.89 Å². The molecule has 0 unspecified atom stereocenters. The van der Waals surface area contributed by atoms with E-state index in [1.54, 1.807) is 12.1 Å². The molecule has 1 aromatic carbocycles. The normalized spacial score (nSPS) is 15.6. The highest BCUT2D eigenvalue weighted by Gasteiger charge is 2.26. The van der Waals surface area contributed by atoms with Gasteiger partial charge in [0.1, 0.15) is 0 Å². The largest absolute Gasteiger partial charge is 0.364 e. The van der Waals surface area contributed by atoms with Gasteiger partial charge in [0.15, 0.2) is 11.5 Å². The number of nitrogens with one attached hydrogen (secondary N) is 2. The van der Waals surface area contributed by atoms with Crippen LogP contribution in [0.5, 0.6) is 0 Å². The Morgan fingerprint density at radius 2 is 2.11 bits per heavy atom. The standard InChI is InChI=1S/C12H11N5O2/c1-2-9-14-15-12(19)17(9)16-10-7-5-3-4-6-8(7)13-11(10)18/h3-6H,2H2,1H3,(H,15,19)(H,13,16,18). The highest BCUT2D eigenvalue weighted by Crippen LogP contribution is 2.22. The van der Waals surface area contributed by atoms with Crippen molar-refractivity contribution in [1.29, 1.82) is 0 Å². The number of nitrogens with zero attached hydrogens (tertiary/aromatic N) is 3. The molecule has 0 fully saturated rings. The molecule has 0 bridgehead atoms. The third-order valence-corrected chi connectivity index (χ3v) is 2.88. The second-order valence-corrected chi connectivity index (χ2v) is 4.06. The molecular formula is C12H11N5O2. The molecule has 0 saturated carbocycles. The number of rotatable bonds is 2. The van der Waals surface area contributed by atoms with Crippen molar-refractivity contribution in [3.8, 4) is 0 Å². The molecule has 2 N–H and O–H groups in total. The topological polar surface area (TPSA) is 92.1 Å². The summed E-state index contributed by atoms with van der Waals surface area (Å²) in [6.07, 6.45) is 0.540. The van der Waals surface area contributed by atoms with Gasteiger partial charge >= 0.3 is 5.69 Å². The molecule has 96 valence electrons. The van der Waals surface area contributed by atoms with Crippen molar-refractivity contribution in [3.05, 3.63) is 46.1 Å². The van der Waals surface area contributed by atoms with E-state index in [4.69, 9.17) is 0 Å². The lowest BCUT2D eigenvalue weighted by molar-refractivity contribution is -0.110. The van der Waals surface area contributed by atoms with Gasteiger partial charge in [0.2, 0.25) is 0 Å². The second kappa shape index (κ2) is 4.20. The molecule has 0 atom stereocenters. The fraction of sp³-hybridized carbons (Fsp3) is 0.167. The lowest BCUT2D eigenvalue weighted by Gasteiger charge is -1.98. The monoisotopic (exact) mass is 257 g/mol. The van der Waals surface area contributed by atoms with Crippen molar-refractivity contribution in [2.24, 2.45) is 5.10 Å². The van der Waals surface area contributed by atoms with E-state index < -0.39 is 5.69 Å². The number of H-pyrrole nitrogens is 1. The van der Waals surface area contributed by atoms with E-state index in [1.807, 2.05) is 19.1 Å². The lowest BCUT2D eigenvalue weighted by atomic mass is 10.1. The van der Waals surface area contributed by atoms with E-state index in [9.17, 15) is 9.59 Å². The van der Waals surface area contributed by atoms with Crippen LogP contribution >= 0.6 is 0 Å². The highest BCUT2D eigenvalue weighted by molar-refractivity contribution is 6.53. The van der Waals surface area contributed by atoms with Gasteiger partial charge in [-0.15, -0.1) is 0 Å². The number of para-hydroxylation sites is 1. The molecule has 0 aliphatic carbocycles. The fourth-order valence-electron chi connectivity index (χ4n) is 1.96. The highest BCUT2D eigenvalue weighted by atomic mass is 16.2. The lowest BCUT2D eigenvalue weighted by Crippen LogP contribution is -2.21. The minimum Gasteiger partial charge on any atom is -0.320 e. The molecule has 2 heterocycles. The quantitative estimate of drug-likeness (QED) is 0.812. The maximum absolute atomic E-state index is 11.9. The van der Waals surface area contributed by atoms with Crippen molar-refractivity contribution in [2.75, 3.05) is 5.32 Å². The van der Waals surface area contributed by atoms with Gasteiger partial charge < -0.3 is 5.32 Å². The Hall–Kier alpha value is -2.70. The molecule has 1 aromatic heterocycles. The molecule has 0 spiro atoms. The summed E-state index contributed by atoms with van der Waals surface area (Å²) in [4.78, 5) is 23.5. The van der Waals surface area contributed by atoms with E-state index in [2.05, 4.69) is 20.6 Å². The zero-order valence-electron chi connectivity index (χ0n) is 10.2. The summed E-state index contributed by atoms with van der Waals surface area (Å²) in [6.45, 7) is 1.86.